The lowest BCUT2D eigenvalue weighted by atomic mass is 10.2. The molecular formula is C18H22F3N5S. The summed E-state index contributed by atoms with van der Waals surface area (Å²) in [5, 5.41) is 9.32. The van der Waals surface area contributed by atoms with Crippen molar-refractivity contribution < 1.29 is 13.2 Å². The zero-order chi connectivity index (χ0) is 19.3. The van der Waals surface area contributed by atoms with Crippen LogP contribution in [0.5, 0.6) is 0 Å². The highest BCUT2D eigenvalue weighted by Gasteiger charge is 2.34. The molecule has 0 spiro atoms. The fraction of sp³-hybridized carbons (Fsp3) is 0.444. The molecule has 2 aromatic rings. The van der Waals surface area contributed by atoms with E-state index in [4.69, 9.17) is 0 Å². The smallest absolute Gasteiger partial charge is 0.352 e. The molecule has 2 N–H and O–H groups in total. The molecule has 1 fully saturated rings. The van der Waals surface area contributed by atoms with Gasteiger partial charge < -0.3 is 10.6 Å². The molecule has 9 heteroatoms. The van der Waals surface area contributed by atoms with Crippen molar-refractivity contribution >= 4 is 17.3 Å². The monoisotopic (exact) mass is 397 g/mol. The van der Waals surface area contributed by atoms with Crippen LogP contribution in [0.2, 0.25) is 0 Å². The number of rotatable bonds is 5. The molecule has 2 heterocycles. The van der Waals surface area contributed by atoms with E-state index >= 15 is 0 Å². The van der Waals surface area contributed by atoms with E-state index in [1.807, 2.05) is 35.7 Å². The summed E-state index contributed by atoms with van der Waals surface area (Å²) in [5.41, 5.74) is 1.97. The van der Waals surface area contributed by atoms with E-state index < -0.39 is 12.7 Å². The van der Waals surface area contributed by atoms with Crippen molar-refractivity contribution in [3.8, 4) is 10.6 Å². The van der Waals surface area contributed by atoms with Crippen LogP contribution in [0, 0.1) is 0 Å². The first kappa shape index (κ1) is 19.6. The van der Waals surface area contributed by atoms with Gasteiger partial charge in [-0.1, -0.05) is 30.3 Å². The van der Waals surface area contributed by atoms with Crippen molar-refractivity contribution in [3.05, 3.63) is 41.4 Å². The van der Waals surface area contributed by atoms with Crippen molar-refractivity contribution in [1.29, 1.82) is 0 Å². The maximum Gasteiger partial charge on any atom is 0.401 e. The number of likely N-dealkylation sites (tertiary alicyclic amines) is 1. The van der Waals surface area contributed by atoms with Crippen LogP contribution < -0.4 is 10.6 Å². The lowest BCUT2D eigenvalue weighted by Gasteiger charge is -2.19. The van der Waals surface area contributed by atoms with E-state index in [0.717, 1.165) is 16.3 Å². The molecular weight excluding hydrogens is 375 g/mol. The average molecular weight is 397 g/mol. The number of aromatic nitrogens is 1. The quantitative estimate of drug-likeness (QED) is 0.601. The zero-order valence-electron chi connectivity index (χ0n) is 15.0. The largest absolute Gasteiger partial charge is 0.401 e. The molecule has 0 aliphatic carbocycles. The molecule has 27 heavy (non-hydrogen) atoms. The minimum atomic E-state index is -4.16. The predicted molar refractivity (Wildman–Crippen MR) is 102 cm³/mol. The van der Waals surface area contributed by atoms with Gasteiger partial charge in [-0.2, -0.15) is 13.2 Å². The Balaban J connectivity index is 1.48. The third kappa shape index (κ3) is 5.93. The van der Waals surface area contributed by atoms with Gasteiger partial charge in [0.2, 0.25) is 0 Å². The van der Waals surface area contributed by atoms with Gasteiger partial charge in [0, 0.05) is 37.1 Å². The van der Waals surface area contributed by atoms with Crippen LogP contribution in [0.4, 0.5) is 13.2 Å². The predicted octanol–water partition coefficient (Wildman–Crippen LogP) is 3.11. The average Bonchev–Trinajstić information content (AvgIpc) is 3.27. The summed E-state index contributed by atoms with van der Waals surface area (Å²) in [6, 6.07) is 9.91. The Morgan fingerprint density at radius 1 is 1.33 bits per heavy atom. The summed E-state index contributed by atoms with van der Waals surface area (Å²) < 4.78 is 37.5. The Morgan fingerprint density at radius 3 is 2.81 bits per heavy atom. The second-order valence-corrected chi connectivity index (χ2v) is 7.27. The van der Waals surface area contributed by atoms with Crippen molar-refractivity contribution in [2.45, 2.75) is 25.2 Å². The third-order valence-electron chi connectivity index (χ3n) is 4.25. The van der Waals surface area contributed by atoms with Crippen LogP contribution in [0.25, 0.3) is 10.6 Å². The Morgan fingerprint density at radius 2 is 2.11 bits per heavy atom. The first-order valence-electron chi connectivity index (χ1n) is 8.69. The molecule has 1 atom stereocenters. The molecule has 0 bridgehead atoms. The number of nitrogens with one attached hydrogen (secondary N) is 2. The summed E-state index contributed by atoms with van der Waals surface area (Å²) in [5.74, 6) is 0.572. The molecule has 1 saturated heterocycles. The van der Waals surface area contributed by atoms with Gasteiger partial charge in [0.15, 0.2) is 5.96 Å². The molecule has 0 amide bonds. The maximum atomic E-state index is 12.5. The second kappa shape index (κ2) is 8.71. The number of hydrogen-bond donors (Lipinski definition) is 2. The van der Waals surface area contributed by atoms with E-state index in [9.17, 15) is 13.2 Å². The number of thiazole rings is 1. The Bertz CT molecular complexity index is 760. The Kier molecular flexibility index (Phi) is 6.33. The first-order chi connectivity index (χ1) is 12.9. The van der Waals surface area contributed by atoms with Gasteiger partial charge in [0.05, 0.1) is 18.8 Å². The van der Waals surface area contributed by atoms with Gasteiger partial charge in [-0.3, -0.25) is 9.89 Å². The van der Waals surface area contributed by atoms with Gasteiger partial charge >= 0.3 is 6.18 Å². The number of halogens is 3. The van der Waals surface area contributed by atoms with Gasteiger partial charge in [0.1, 0.15) is 5.01 Å². The highest BCUT2D eigenvalue weighted by molar-refractivity contribution is 7.13. The number of benzene rings is 1. The van der Waals surface area contributed by atoms with Crippen LogP contribution in [0.3, 0.4) is 0 Å². The third-order valence-corrected chi connectivity index (χ3v) is 5.19. The Labute approximate surface area is 160 Å². The molecule has 1 aromatic heterocycles. The van der Waals surface area contributed by atoms with Crippen LogP contribution in [-0.4, -0.2) is 54.7 Å². The molecule has 1 aliphatic heterocycles. The summed E-state index contributed by atoms with van der Waals surface area (Å²) in [6.45, 7) is 0.427. The summed E-state index contributed by atoms with van der Waals surface area (Å²) in [7, 11) is 1.65. The second-order valence-electron chi connectivity index (χ2n) is 6.42. The molecule has 146 valence electrons. The van der Waals surface area contributed by atoms with E-state index in [1.165, 1.54) is 4.90 Å². The van der Waals surface area contributed by atoms with Gasteiger partial charge in [-0.15, -0.1) is 11.3 Å². The normalized spacial score (nSPS) is 18.7. The van der Waals surface area contributed by atoms with Gasteiger partial charge in [-0.25, -0.2) is 4.98 Å². The minimum absolute atomic E-state index is 0.0473. The van der Waals surface area contributed by atoms with Crippen molar-refractivity contribution in [3.63, 3.8) is 0 Å². The van der Waals surface area contributed by atoms with Crippen molar-refractivity contribution in [2.75, 3.05) is 26.7 Å². The molecule has 1 unspecified atom stereocenters. The summed E-state index contributed by atoms with van der Waals surface area (Å²) >= 11 is 1.58. The van der Waals surface area contributed by atoms with Gasteiger partial charge in [0.25, 0.3) is 0 Å². The zero-order valence-corrected chi connectivity index (χ0v) is 15.8. The molecule has 1 aliphatic rings. The topological polar surface area (TPSA) is 52.6 Å². The highest BCUT2D eigenvalue weighted by atomic mass is 32.1. The van der Waals surface area contributed by atoms with E-state index in [0.29, 0.717) is 32.0 Å². The van der Waals surface area contributed by atoms with Crippen LogP contribution >= 0.6 is 11.3 Å². The SMILES string of the molecule is CN=C(NCc1csc(-c2ccccc2)n1)NC1CCN(CC(F)(F)F)C1. The molecule has 3 rings (SSSR count). The first-order valence-corrected chi connectivity index (χ1v) is 9.57. The lowest BCUT2D eigenvalue weighted by molar-refractivity contribution is -0.143. The summed E-state index contributed by atoms with van der Waals surface area (Å²) in [4.78, 5) is 10.2. The lowest BCUT2D eigenvalue weighted by Crippen LogP contribution is -2.44. The fourth-order valence-corrected chi connectivity index (χ4v) is 3.84. The van der Waals surface area contributed by atoms with Crippen LogP contribution in [0.1, 0.15) is 12.1 Å². The maximum absolute atomic E-state index is 12.5. The minimum Gasteiger partial charge on any atom is -0.352 e. The highest BCUT2D eigenvalue weighted by Crippen LogP contribution is 2.23. The fourth-order valence-electron chi connectivity index (χ4n) is 3.01. The number of aliphatic imine (C=N–C) groups is 1. The standard InChI is InChI=1S/C18H22F3N5S/c1-22-17(25-14-7-8-26(10-14)12-18(19,20)21)23-9-15-11-27-16(24-15)13-5-3-2-4-6-13/h2-6,11,14H,7-10,12H2,1H3,(H2,22,23,25). The number of alkyl halides is 3. The molecule has 0 radical (unpaired) electrons. The Hall–Kier alpha value is -2.13. The van der Waals surface area contributed by atoms with E-state index in [1.54, 1.807) is 18.4 Å². The number of guanidine groups is 1. The van der Waals surface area contributed by atoms with Crippen LogP contribution in [-0.2, 0) is 6.54 Å². The van der Waals surface area contributed by atoms with Crippen molar-refractivity contribution in [1.82, 2.24) is 20.5 Å². The molecule has 5 nitrogen and oxygen atoms in total. The number of hydrogen-bond acceptors (Lipinski definition) is 4. The summed E-state index contributed by atoms with van der Waals surface area (Å²) in [6.07, 6.45) is -3.50. The number of nitrogens with zero attached hydrogens (tertiary/aromatic N) is 3. The van der Waals surface area contributed by atoms with Crippen LogP contribution in [0.15, 0.2) is 40.7 Å². The van der Waals surface area contributed by atoms with Gasteiger partial charge in [-0.05, 0) is 6.42 Å². The molecule has 1 aromatic carbocycles. The molecule has 0 saturated carbocycles. The van der Waals surface area contributed by atoms with E-state index in [-0.39, 0.29) is 6.04 Å². The van der Waals surface area contributed by atoms with Crippen molar-refractivity contribution in [2.24, 2.45) is 4.99 Å². The van der Waals surface area contributed by atoms with E-state index in [2.05, 4.69) is 20.6 Å².